The number of anilines is 1. The van der Waals surface area contributed by atoms with Crippen LogP contribution in [0.5, 0.6) is 0 Å². The van der Waals surface area contributed by atoms with Gasteiger partial charge in [-0.3, -0.25) is 14.9 Å². The quantitative estimate of drug-likeness (QED) is 0.390. The minimum Gasteiger partial charge on any atom is -0.371 e. The molecule has 1 aromatic carbocycles. The molecule has 0 aromatic heterocycles. The number of rotatable bonds is 8. The predicted octanol–water partition coefficient (Wildman–Crippen LogP) is 4.22. The van der Waals surface area contributed by atoms with Crippen molar-refractivity contribution in [1.29, 1.82) is 0 Å². The second-order valence-electron chi connectivity index (χ2n) is 8.97. The number of carbonyl (C=O) groups excluding carboxylic acids is 1. The molecule has 1 aromatic rings. The number of unbranched alkanes of at least 4 members (excludes halogenated alkanes) is 1. The number of nitro groups is 1. The fourth-order valence-corrected chi connectivity index (χ4v) is 4.57. The van der Waals surface area contributed by atoms with E-state index in [1.165, 1.54) is 37.9 Å². The minimum absolute atomic E-state index is 0.0339. The number of likely N-dealkylation sites (tertiary alicyclic amines) is 1. The molecule has 30 heavy (non-hydrogen) atoms. The molecule has 1 amide bonds. The normalized spacial score (nSPS) is 20.9. The predicted molar refractivity (Wildman–Crippen MR) is 120 cm³/mol. The molecule has 2 aliphatic rings. The van der Waals surface area contributed by atoms with E-state index in [1.54, 1.807) is 6.07 Å². The highest BCUT2D eigenvalue weighted by Gasteiger charge is 2.23. The number of nitrogens with one attached hydrogen (secondary N) is 1. The molecule has 2 saturated heterocycles. The number of hydrogen-bond donors (Lipinski definition) is 1. The average Bonchev–Trinajstić information content (AvgIpc) is 2.74. The molecular formula is C23H36N4O3. The fraction of sp³-hybridized carbons (Fsp3) is 0.696. The standard InChI is InChI=1S/C23H36N4O3/c1-18-10-15-26(16-11-18)22-9-8-20(27(29)30)17-21(22)23(28)24-12-4-6-14-25-13-5-3-7-19(25)2/h8-9,17-19H,3-7,10-16H2,1-2H3,(H,24,28). The third-order valence-corrected chi connectivity index (χ3v) is 6.66. The van der Waals surface area contributed by atoms with Gasteiger partial charge in [-0.15, -0.1) is 0 Å². The molecule has 0 spiro atoms. The van der Waals surface area contributed by atoms with Gasteiger partial charge < -0.3 is 15.1 Å². The Bertz CT molecular complexity index is 731. The van der Waals surface area contributed by atoms with Gasteiger partial charge in [0, 0.05) is 37.8 Å². The van der Waals surface area contributed by atoms with Crippen molar-refractivity contribution in [2.75, 3.05) is 37.6 Å². The summed E-state index contributed by atoms with van der Waals surface area (Å²) >= 11 is 0. The summed E-state index contributed by atoms with van der Waals surface area (Å²) in [5.41, 5.74) is 1.20. The van der Waals surface area contributed by atoms with Crippen molar-refractivity contribution in [3.63, 3.8) is 0 Å². The summed E-state index contributed by atoms with van der Waals surface area (Å²) in [5.74, 6) is 0.470. The van der Waals surface area contributed by atoms with Gasteiger partial charge in [-0.2, -0.15) is 0 Å². The van der Waals surface area contributed by atoms with Gasteiger partial charge in [-0.1, -0.05) is 13.3 Å². The van der Waals surface area contributed by atoms with E-state index in [1.807, 2.05) is 0 Å². The Labute approximate surface area is 180 Å². The van der Waals surface area contributed by atoms with Gasteiger partial charge in [0.25, 0.3) is 11.6 Å². The van der Waals surface area contributed by atoms with Gasteiger partial charge in [0.1, 0.15) is 0 Å². The number of benzene rings is 1. The number of hydrogen-bond acceptors (Lipinski definition) is 5. The van der Waals surface area contributed by atoms with Crippen LogP contribution >= 0.6 is 0 Å². The molecule has 1 unspecified atom stereocenters. The third kappa shape index (κ3) is 5.94. The molecular weight excluding hydrogens is 380 g/mol. The molecule has 2 aliphatic heterocycles. The Hall–Kier alpha value is -2.15. The summed E-state index contributed by atoms with van der Waals surface area (Å²) in [6, 6.07) is 5.33. The van der Waals surface area contributed by atoms with E-state index in [4.69, 9.17) is 0 Å². The van der Waals surface area contributed by atoms with E-state index in [9.17, 15) is 14.9 Å². The van der Waals surface area contributed by atoms with E-state index in [2.05, 4.69) is 29.0 Å². The molecule has 0 bridgehead atoms. The zero-order chi connectivity index (χ0) is 21.5. The SMILES string of the molecule is CC1CCN(c2ccc([N+](=O)[O-])cc2C(=O)NCCCCN2CCCCC2C)CC1. The lowest BCUT2D eigenvalue weighted by Crippen LogP contribution is -2.38. The van der Waals surface area contributed by atoms with Crippen molar-refractivity contribution >= 4 is 17.3 Å². The van der Waals surface area contributed by atoms with Crippen molar-refractivity contribution in [3.8, 4) is 0 Å². The van der Waals surface area contributed by atoms with Gasteiger partial charge in [0.2, 0.25) is 0 Å². The first-order chi connectivity index (χ1) is 14.5. The molecule has 3 rings (SSSR count). The number of nitrogens with zero attached hydrogens (tertiary/aromatic N) is 3. The van der Waals surface area contributed by atoms with Crippen LogP contribution in [0.15, 0.2) is 18.2 Å². The third-order valence-electron chi connectivity index (χ3n) is 6.66. The van der Waals surface area contributed by atoms with E-state index >= 15 is 0 Å². The zero-order valence-electron chi connectivity index (χ0n) is 18.4. The van der Waals surface area contributed by atoms with Crippen LogP contribution in [0, 0.1) is 16.0 Å². The van der Waals surface area contributed by atoms with Crippen molar-refractivity contribution in [2.45, 2.75) is 64.8 Å². The maximum atomic E-state index is 12.9. The van der Waals surface area contributed by atoms with Crippen molar-refractivity contribution in [3.05, 3.63) is 33.9 Å². The van der Waals surface area contributed by atoms with Gasteiger partial charge >= 0.3 is 0 Å². The van der Waals surface area contributed by atoms with E-state index < -0.39 is 4.92 Å². The van der Waals surface area contributed by atoms with Crippen LogP contribution in [0.3, 0.4) is 0 Å². The molecule has 0 aliphatic carbocycles. The van der Waals surface area contributed by atoms with Gasteiger partial charge in [0.15, 0.2) is 0 Å². The van der Waals surface area contributed by atoms with Crippen LogP contribution < -0.4 is 10.2 Å². The largest absolute Gasteiger partial charge is 0.371 e. The molecule has 7 nitrogen and oxygen atoms in total. The number of non-ortho nitro benzene ring substituents is 1. The van der Waals surface area contributed by atoms with Gasteiger partial charge in [0.05, 0.1) is 16.2 Å². The van der Waals surface area contributed by atoms with E-state index in [0.717, 1.165) is 51.0 Å². The van der Waals surface area contributed by atoms with Crippen LogP contribution in [-0.2, 0) is 0 Å². The van der Waals surface area contributed by atoms with Gasteiger partial charge in [-0.25, -0.2) is 0 Å². The zero-order valence-corrected chi connectivity index (χ0v) is 18.4. The minimum atomic E-state index is -0.432. The van der Waals surface area contributed by atoms with E-state index in [-0.39, 0.29) is 11.6 Å². The molecule has 2 heterocycles. The van der Waals surface area contributed by atoms with Crippen LogP contribution in [0.4, 0.5) is 11.4 Å². The molecule has 166 valence electrons. The lowest BCUT2D eigenvalue weighted by molar-refractivity contribution is -0.384. The van der Waals surface area contributed by atoms with E-state index in [0.29, 0.717) is 24.1 Å². The summed E-state index contributed by atoms with van der Waals surface area (Å²) in [5, 5.41) is 14.2. The average molecular weight is 417 g/mol. The molecule has 2 fully saturated rings. The van der Waals surface area contributed by atoms with Crippen molar-refractivity contribution in [1.82, 2.24) is 10.2 Å². The Morgan fingerprint density at radius 3 is 2.60 bits per heavy atom. The Kier molecular flexibility index (Phi) is 8.08. The number of piperidine rings is 2. The molecule has 7 heteroatoms. The van der Waals surface area contributed by atoms with Crippen molar-refractivity contribution < 1.29 is 9.72 Å². The highest BCUT2D eigenvalue weighted by Crippen LogP contribution is 2.29. The molecule has 0 radical (unpaired) electrons. The van der Waals surface area contributed by atoms with Crippen LogP contribution in [0.2, 0.25) is 0 Å². The summed E-state index contributed by atoms with van der Waals surface area (Å²) in [7, 11) is 0. The fourth-order valence-electron chi connectivity index (χ4n) is 4.57. The maximum absolute atomic E-state index is 12.9. The van der Waals surface area contributed by atoms with Crippen LogP contribution in [0.25, 0.3) is 0 Å². The monoisotopic (exact) mass is 416 g/mol. The van der Waals surface area contributed by atoms with Crippen LogP contribution in [0.1, 0.15) is 69.2 Å². The smallest absolute Gasteiger partial charge is 0.270 e. The Balaban J connectivity index is 1.56. The first-order valence-electron chi connectivity index (χ1n) is 11.5. The lowest BCUT2D eigenvalue weighted by atomic mass is 9.98. The topological polar surface area (TPSA) is 78.7 Å². The maximum Gasteiger partial charge on any atom is 0.270 e. The summed E-state index contributed by atoms with van der Waals surface area (Å²) in [6.07, 6.45) is 8.01. The highest BCUT2D eigenvalue weighted by molar-refractivity contribution is 6.00. The molecule has 1 atom stereocenters. The molecule has 0 saturated carbocycles. The van der Waals surface area contributed by atoms with Gasteiger partial charge in [-0.05, 0) is 70.5 Å². The highest BCUT2D eigenvalue weighted by atomic mass is 16.6. The van der Waals surface area contributed by atoms with Crippen LogP contribution in [-0.4, -0.2) is 54.5 Å². The van der Waals surface area contributed by atoms with Crippen molar-refractivity contribution in [2.24, 2.45) is 5.92 Å². The first kappa shape index (κ1) is 22.5. The Morgan fingerprint density at radius 1 is 1.13 bits per heavy atom. The number of nitro benzene ring substituents is 1. The second-order valence-corrected chi connectivity index (χ2v) is 8.97. The second kappa shape index (κ2) is 10.8. The Morgan fingerprint density at radius 2 is 1.90 bits per heavy atom. The number of carbonyl (C=O) groups is 1. The summed E-state index contributed by atoms with van der Waals surface area (Å²) in [6.45, 7) is 9.16. The summed E-state index contributed by atoms with van der Waals surface area (Å²) < 4.78 is 0. The first-order valence-corrected chi connectivity index (χ1v) is 11.5. The lowest BCUT2D eigenvalue weighted by Gasteiger charge is -2.33. The molecule has 1 N–H and O–H groups in total. The summed E-state index contributed by atoms with van der Waals surface area (Å²) in [4.78, 5) is 28.4. The number of amides is 1.